The SMILES string of the molecule is N#CCC1(O)CN(c2nc(-c3ccccc3)c3ccccc3n2)C1. The summed E-state index contributed by atoms with van der Waals surface area (Å²) < 4.78 is 0. The average Bonchev–Trinajstić information content (AvgIpc) is 2.59. The third-order valence-corrected chi connectivity index (χ3v) is 4.30. The first kappa shape index (κ1) is 14.6. The molecule has 5 heteroatoms. The van der Waals surface area contributed by atoms with Crippen LogP contribution in [0.5, 0.6) is 0 Å². The Balaban J connectivity index is 1.78. The maximum atomic E-state index is 10.2. The first-order valence-corrected chi connectivity index (χ1v) is 7.85. The number of fused-ring (bicyclic) bond motifs is 1. The Morgan fingerprint density at radius 3 is 2.50 bits per heavy atom. The molecule has 0 unspecified atom stereocenters. The lowest BCUT2D eigenvalue weighted by molar-refractivity contribution is 0.0157. The zero-order valence-corrected chi connectivity index (χ0v) is 13.1. The lowest BCUT2D eigenvalue weighted by Crippen LogP contribution is -2.62. The Labute approximate surface area is 139 Å². The highest BCUT2D eigenvalue weighted by Gasteiger charge is 2.42. The van der Waals surface area contributed by atoms with Crippen LogP contribution in [-0.4, -0.2) is 33.8 Å². The number of nitriles is 1. The van der Waals surface area contributed by atoms with Crippen molar-refractivity contribution >= 4 is 16.9 Å². The molecule has 1 fully saturated rings. The van der Waals surface area contributed by atoms with E-state index in [1.165, 1.54) is 0 Å². The third-order valence-electron chi connectivity index (χ3n) is 4.30. The second-order valence-corrected chi connectivity index (χ2v) is 6.17. The van der Waals surface area contributed by atoms with E-state index in [0.29, 0.717) is 19.0 Å². The highest BCUT2D eigenvalue weighted by atomic mass is 16.3. The van der Waals surface area contributed by atoms with Crippen molar-refractivity contribution in [1.29, 1.82) is 5.26 Å². The normalized spacial score (nSPS) is 15.8. The fourth-order valence-corrected chi connectivity index (χ4v) is 3.09. The number of nitrogens with zero attached hydrogens (tertiary/aromatic N) is 4. The van der Waals surface area contributed by atoms with Crippen molar-refractivity contribution in [2.45, 2.75) is 12.0 Å². The Hall–Kier alpha value is -2.97. The van der Waals surface area contributed by atoms with Crippen LogP contribution in [0.4, 0.5) is 5.95 Å². The van der Waals surface area contributed by atoms with Gasteiger partial charge in [0.1, 0.15) is 5.60 Å². The number of β-amino-alcohol motifs (C(OH)–C–C–N with tert-alkyl or cyclic N) is 1. The molecule has 1 aromatic heterocycles. The van der Waals surface area contributed by atoms with Gasteiger partial charge in [-0.3, -0.25) is 0 Å². The molecule has 1 N–H and O–H groups in total. The van der Waals surface area contributed by atoms with Crippen molar-refractivity contribution in [2.75, 3.05) is 18.0 Å². The molecule has 0 radical (unpaired) electrons. The highest BCUT2D eigenvalue weighted by molar-refractivity contribution is 5.93. The van der Waals surface area contributed by atoms with Crippen LogP contribution in [0.15, 0.2) is 54.6 Å². The summed E-state index contributed by atoms with van der Waals surface area (Å²) in [7, 11) is 0. The number of rotatable bonds is 3. The van der Waals surface area contributed by atoms with Crippen LogP contribution in [0.2, 0.25) is 0 Å². The van der Waals surface area contributed by atoms with Gasteiger partial charge in [-0.05, 0) is 6.07 Å². The zero-order valence-electron chi connectivity index (χ0n) is 13.1. The molecule has 2 aromatic carbocycles. The van der Waals surface area contributed by atoms with Crippen molar-refractivity contribution in [1.82, 2.24) is 9.97 Å². The predicted molar refractivity (Wildman–Crippen MR) is 92.4 cm³/mol. The first-order chi connectivity index (χ1) is 11.7. The highest BCUT2D eigenvalue weighted by Crippen LogP contribution is 2.32. The molecule has 1 aliphatic rings. The largest absolute Gasteiger partial charge is 0.385 e. The van der Waals surface area contributed by atoms with Crippen LogP contribution < -0.4 is 4.90 Å². The quantitative estimate of drug-likeness (QED) is 0.804. The van der Waals surface area contributed by atoms with Crippen molar-refractivity contribution in [3.63, 3.8) is 0 Å². The summed E-state index contributed by atoms with van der Waals surface area (Å²) in [6, 6.07) is 20.0. The molecule has 2 heterocycles. The van der Waals surface area contributed by atoms with Crippen molar-refractivity contribution in [2.24, 2.45) is 0 Å². The van der Waals surface area contributed by atoms with E-state index in [-0.39, 0.29) is 6.42 Å². The number of hydrogen-bond donors (Lipinski definition) is 1. The lowest BCUT2D eigenvalue weighted by Gasteiger charge is -2.45. The van der Waals surface area contributed by atoms with E-state index in [4.69, 9.17) is 10.2 Å². The maximum absolute atomic E-state index is 10.2. The standard InChI is InChI=1S/C19H16N4O/c20-11-10-19(24)12-23(13-19)18-21-16-9-5-4-8-15(16)17(22-18)14-6-2-1-3-7-14/h1-9,24H,10,12-13H2. The van der Waals surface area contributed by atoms with E-state index < -0.39 is 5.60 Å². The Morgan fingerprint density at radius 2 is 1.75 bits per heavy atom. The van der Waals surface area contributed by atoms with E-state index in [1.54, 1.807) is 0 Å². The minimum atomic E-state index is -0.948. The van der Waals surface area contributed by atoms with E-state index in [0.717, 1.165) is 22.2 Å². The molecule has 0 amide bonds. The summed E-state index contributed by atoms with van der Waals surface area (Å²) in [6.07, 6.45) is 0.128. The number of benzene rings is 2. The van der Waals surface area contributed by atoms with Crippen LogP contribution in [0.25, 0.3) is 22.2 Å². The molecule has 0 spiro atoms. The zero-order chi connectivity index (χ0) is 16.6. The Kier molecular flexibility index (Phi) is 3.40. The van der Waals surface area contributed by atoms with Crippen LogP contribution in [-0.2, 0) is 0 Å². The van der Waals surface area contributed by atoms with Gasteiger partial charge in [0, 0.05) is 10.9 Å². The van der Waals surface area contributed by atoms with Gasteiger partial charge in [-0.2, -0.15) is 5.26 Å². The summed E-state index contributed by atoms with van der Waals surface area (Å²) in [5.41, 5.74) is 1.84. The second-order valence-electron chi connectivity index (χ2n) is 6.17. The van der Waals surface area contributed by atoms with Crippen LogP contribution in [0.1, 0.15) is 6.42 Å². The fourth-order valence-electron chi connectivity index (χ4n) is 3.09. The topological polar surface area (TPSA) is 73.0 Å². The van der Waals surface area contributed by atoms with Gasteiger partial charge in [-0.25, -0.2) is 9.97 Å². The van der Waals surface area contributed by atoms with E-state index in [1.807, 2.05) is 65.6 Å². The Bertz CT molecular complexity index is 927. The molecule has 0 atom stereocenters. The summed E-state index contributed by atoms with van der Waals surface area (Å²) in [6.45, 7) is 0.764. The van der Waals surface area contributed by atoms with E-state index in [9.17, 15) is 5.11 Å². The van der Waals surface area contributed by atoms with E-state index in [2.05, 4.69) is 4.98 Å². The molecule has 5 nitrogen and oxygen atoms in total. The first-order valence-electron chi connectivity index (χ1n) is 7.85. The minimum absolute atomic E-state index is 0.128. The number of para-hydroxylation sites is 1. The molecule has 0 bridgehead atoms. The monoisotopic (exact) mass is 316 g/mol. The summed E-state index contributed by atoms with van der Waals surface area (Å²) in [5, 5.41) is 20.0. The number of aliphatic hydroxyl groups is 1. The molecule has 1 aliphatic heterocycles. The number of aromatic nitrogens is 2. The van der Waals surface area contributed by atoms with Gasteiger partial charge in [0.05, 0.1) is 36.8 Å². The second kappa shape index (κ2) is 5.59. The van der Waals surface area contributed by atoms with Gasteiger partial charge >= 0.3 is 0 Å². The van der Waals surface area contributed by atoms with Crippen molar-refractivity contribution in [3.05, 3.63) is 54.6 Å². The van der Waals surface area contributed by atoms with Gasteiger partial charge < -0.3 is 10.0 Å². The van der Waals surface area contributed by atoms with Crippen molar-refractivity contribution < 1.29 is 5.11 Å². The molecule has 1 saturated heterocycles. The molecular weight excluding hydrogens is 300 g/mol. The summed E-state index contributed by atoms with van der Waals surface area (Å²) >= 11 is 0. The number of anilines is 1. The van der Waals surface area contributed by atoms with Crippen LogP contribution >= 0.6 is 0 Å². The molecule has 0 saturated carbocycles. The van der Waals surface area contributed by atoms with Gasteiger partial charge in [-0.1, -0.05) is 48.5 Å². The molecule has 0 aliphatic carbocycles. The van der Waals surface area contributed by atoms with Gasteiger partial charge in [-0.15, -0.1) is 0 Å². The summed E-state index contributed by atoms with van der Waals surface area (Å²) in [5.74, 6) is 0.593. The molecule has 118 valence electrons. The Morgan fingerprint density at radius 1 is 1.04 bits per heavy atom. The molecular formula is C19H16N4O. The van der Waals surface area contributed by atoms with Crippen LogP contribution in [0, 0.1) is 11.3 Å². The minimum Gasteiger partial charge on any atom is -0.385 e. The molecule has 24 heavy (non-hydrogen) atoms. The average molecular weight is 316 g/mol. The van der Waals surface area contributed by atoms with Gasteiger partial charge in [0.15, 0.2) is 0 Å². The third kappa shape index (κ3) is 2.47. The van der Waals surface area contributed by atoms with Crippen molar-refractivity contribution in [3.8, 4) is 17.3 Å². The fraction of sp³-hybridized carbons (Fsp3) is 0.211. The summed E-state index contributed by atoms with van der Waals surface area (Å²) in [4.78, 5) is 11.3. The van der Waals surface area contributed by atoms with Gasteiger partial charge in [0.2, 0.25) is 5.95 Å². The maximum Gasteiger partial charge on any atom is 0.226 e. The predicted octanol–water partition coefficient (Wildman–Crippen LogP) is 2.76. The van der Waals surface area contributed by atoms with Gasteiger partial charge in [0.25, 0.3) is 0 Å². The van der Waals surface area contributed by atoms with E-state index >= 15 is 0 Å². The van der Waals surface area contributed by atoms with Crippen LogP contribution in [0.3, 0.4) is 0 Å². The lowest BCUT2D eigenvalue weighted by atomic mass is 9.91. The smallest absolute Gasteiger partial charge is 0.226 e. The molecule has 3 aromatic rings. The number of hydrogen-bond acceptors (Lipinski definition) is 5. The molecule has 4 rings (SSSR count).